The van der Waals surface area contributed by atoms with E-state index in [-0.39, 0.29) is 5.91 Å². The maximum Gasteiger partial charge on any atom is 0.261 e. The smallest absolute Gasteiger partial charge is 0.261 e. The van der Waals surface area contributed by atoms with Gasteiger partial charge in [0.15, 0.2) is 0 Å². The standard InChI is InChI=1S/C16H19N3O2/c1-3-17-11-12-6-8-13(9-7-12)19-15(20)14-5-4-10-18-16(14)21-2/h4-10,17H,3,11H2,1-2H3,(H,19,20). The molecule has 2 N–H and O–H groups in total. The molecule has 0 bridgehead atoms. The SMILES string of the molecule is CCNCc1ccc(NC(=O)c2cccnc2OC)cc1. The predicted molar refractivity (Wildman–Crippen MR) is 82.6 cm³/mol. The Morgan fingerprint density at radius 3 is 2.67 bits per heavy atom. The van der Waals surface area contributed by atoms with E-state index in [4.69, 9.17) is 4.74 Å². The highest BCUT2D eigenvalue weighted by molar-refractivity contribution is 6.05. The molecule has 110 valence electrons. The van der Waals surface area contributed by atoms with E-state index >= 15 is 0 Å². The quantitative estimate of drug-likeness (QED) is 0.855. The van der Waals surface area contributed by atoms with Gasteiger partial charge < -0.3 is 15.4 Å². The molecule has 0 spiro atoms. The van der Waals surface area contributed by atoms with Crippen molar-refractivity contribution in [3.05, 3.63) is 53.7 Å². The molecule has 1 heterocycles. The van der Waals surface area contributed by atoms with Gasteiger partial charge in [0.25, 0.3) is 5.91 Å². The molecule has 1 aromatic heterocycles. The number of benzene rings is 1. The maximum atomic E-state index is 12.2. The minimum Gasteiger partial charge on any atom is -0.480 e. The third-order valence-corrected chi connectivity index (χ3v) is 3.00. The lowest BCUT2D eigenvalue weighted by atomic mass is 10.2. The summed E-state index contributed by atoms with van der Waals surface area (Å²) in [5.74, 6) is 0.0816. The molecule has 2 aromatic rings. The number of anilines is 1. The summed E-state index contributed by atoms with van der Waals surface area (Å²) >= 11 is 0. The van der Waals surface area contributed by atoms with Crippen molar-refractivity contribution in [2.24, 2.45) is 0 Å². The van der Waals surface area contributed by atoms with Crippen LogP contribution in [0.25, 0.3) is 0 Å². The Bertz CT molecular complexity index is 597. The van der Waals surface area contributed by atoms with E-state index in [2.05, 4.69) is 22.5 Å². The van der Waals surface area contributed by atoms with Crippen LogP contribution in [0.5, 0.6) is 5.88 Å². The van der Waals surface area contributed by atoms with E-state index < -0.39 is 0 Å². The number of nitrogens with zero attached hydrogens (tertiary/aromatic N) is 1. The number of hydrogen-bond acceptors (Lipinski definition) is 4. The molecular weight excluding hydrogens is 266 g/mol. The summed E-state index contributed by atoms with van der Waals surface area (Å²) in [7, 11) is 1.49. The number of carbonyl (C=O) groups excluding carboxylic acids is 1. The molecule has 5 heteroatoms. The minimum absolute atomic E-state index is 0.237. The number of ether oxygens (including phenoxy) is 1. The first-order valence-corrected chi connectivity index (χ1v) is 6.84. The summed E-state index contributed by atoms with van der Waals surface area (Å²) in [5.41, 5.74) is 2.33. The van der Waals surface area contributed by atoms with Gasteiger partial charge in [-0.05, 0) is 36.4 Å². The van der Waals surface area contributed by atoms with Crippen LogP contribution in [0.2, 0.25) is 0 Å². The van der Waals surface area contributed by atoms with Crippen molar-refractivity contribution in [1.29, 1.82) is 0 Å². The molecule has 0 unspecified atom stereocenters. The molecule has 0 saturated heterocycles. The van der Waals surface area contributed by atoms with E-state index in [0.717, 1.165) is 18.8 Å². The van der Waals surface area contributed by atoms with Gasteiger partial charge in [0.2, 0.25) is 5.88 Å². The van der Waals surface area contributed by atoms with Gasteiger partial charge in [-0.25, -0.2) is 4.98 Å². The third kappa shape index (κ3) is 4.03. The van der Waals surface area contributed by atoms with Crippen molar-refractivity contribution in [2.45, 2.75) is 13.5 Å². The van der Waals surface area contributed by atoms with Crippen LogP contribution in [0.15, 0.2) is 42.6 Å². The number of nitrogens with one attached hydrogen (secondary N) is 2. The first-order chi connectivity index (χ1) is 10.2. The van der Waals surface area contributed by atoms with E-state index in [1.165, 1.54) is 12.7 Å². The van der Waals surface area contributed by atoms with Crippen LogP contribution in [0, 0.1) is 0 Å². The normalized spacial score (nSPS) is 10.2. The van der Waals surface area contributed by atoms with Gasteiger partial charge in [-0.1, -0.05) is 19.1 Å². The summed E-state index contributed by atoms with van der Waals surface area (Å²) in [6.07, 6.45) is 1.59. The van der Waals surface area contributed by atoms with Crippen molar-refractivity contribution >= 4 is 11.6 Å². The topological polar surface area (TPSA) is 63.2 Å². The van der Waals surface area contributed by atoms with Crippen LogP contribution in [-0.4, -0.2) is 24.5 Å². The summed E-state index contributed by atoms with van der Waals surface area (Å²) in [5, 5.41) is 6.09. The van der Waals surface area contributed by atoms with Gasteiger partial charge in [0.1, 0.15) is 5.56 Å². The summed E-state index contributed by atoms with van der Waals surface area (Å²) in [6.45, 7) is 3.82. The molecule has 0 fully saturated rings. The van der Waals surface area contributed by atoms with Gasteiger partial charge in [-0.15, -0.1) is 0 Å². The van der Waals surface area contributed by atoms with Gasteiger partial charge in [-0.3, -0.25) is 4.79 Å². The second kappa shape index (κ2) is 7.40. The lowest BCUT2D eigenvalue weighted by Gasteiger charge is -2.09. The fourth-order valence-corrected chi connectivity index (χ4v) is 1.90. The van der Waals surface area contributed by atoms with Crippen molar-refractivity contribution < 1.29 is 9.53 Å². The van der Waals surface area contributed by atoms with Crippen LogP contribution in [0.4, 0.5) is 5.69 Å². The number of carbonyl (C=O) groups is 1. The van der Waals surface area contributed by atoms with E-state index in [0.29, 0.717) is 11.4 Å². The Morgan fingerprint density at radius 2 is 2.00 bits per heavy atom. The molecule has 1 aromatic carbocycles. The van der Waals surface area contributed by atoms with Gasteiger partial charge in [0, 0.05) is 18.4 Å². The Morgan fingerprint density at radius 1 is 1.24 bits per heavy atom. The molecule has 21 heavy (non-hydrogen) atoms. The first-order valence-electron chi connectivity index (χ1n) is 6.84. The summed E-state index contributed by atoms with van der Waals surface area (Å²) in [6, 6.07) is 11.1. The minimum atomic E-state index is -0.237. The number of hydrogen-bond donors (Lipinski definition) is 2. The van der Waals surface area contributed by atoms with E-state index in [1.54, 1.807) is 18.3 Å². The molecule has 0 aliphatic heterocycles. The van der Waals surface area contributed by atoms with Crippen LogP contribution in [-0.2, 0) is 6.54 Å². The fraction of sp³-hybridized carbons (Fsp3) is 0.250. The third-order valence-electron chi connectivity index (χ3n) is 3.00. The summed E-state index contributed by atoms with van der Waals surface area (Å²) < 4.78 is 5.09. The fourth-order valence-electron chi connectivity index (χ4n) is 1.90. The van der Waals surface area contributed by atoms with Crippen molar-refractivity contribution in [3.8, 4) is 5.88 Å². The molecule has 0 aliphatic carbocycles. The van der Waals surface area contributed by atoms with Crippen LogP contribution < -0.4 is 15.4 Å². The average molecular weight is 285 g/mol. The van der Waals surface area contributed by atoms with E-state index in [1.807, 2.05) is 24.3 Å². The average Bonchev–Trinajstić information content (AvgIpc) is 2.54. The molecule has 0 radical (unpaired) electrons. The molecule has 0 atom stereocenters. The largest absolute Gasteiger partial charge is 0.480 e. The Balaban J connectivity index is 2.05. The Labute approximate surface area is 124 Å². The molecular formula is C16H19N3O2. The first kappa shape index (κ1) is 15.0. The number of aromatic nitrogens is 1. The zero-order valence-electron chi connectivity index (χ0n) is 12.2. The molecule has 2 rings (SSSR count). The number of amides is 1. The maximum absolute atomic E-state index is 12.2. The Kier molecular flexibility index (Phi) is 5.29. The van der Waals surface area contributed by atoms with Crippen molar-refractivity contribution in [2.75, 3.05) is 19.0 Å². The lowest BCUT2D eigenvalue weighted by Crippen LogP contribution is -2.14. The van der Waals surface area contributed by atoms with Gasteiger partial charge in [-0.2, -0.15) is 0 Å². The lowest BCUT2D eigenvalue weighted by molar-refractivity contribution is 0.102. The van der Waals surface area contributed by atoms with Crippen LogP contribution in [0.1, 0.15) is 22.8 Å². The summed E-state index contributed by atoms with van der Waals surface area (Å²) in [4.78, 5) is 16.2. The zero-order valence-corrected chi connectivity index (χ0v) is 12.2. The second-order valence-corrected chi connectivity index (χ2v) is 4.49. The number of pyridine rings is 1. The van der Waals surface area contributed by atoms with Crippen LogP contribution in [0.3, 0.4) is 0 Å². The van der Waals surface area contributed by atoms with Crippen molar-refractivity contribution in [3.63, 3.8) is 0 Å². The molecule has 5 nitrogen and oxygen atoms in total. The highest BCUT2D eigenvalue weighted by Crippen LogP contribution is 2.16. The highest BCUT2D eigenvalue weighted by Gasteiger charge is 2.12. The Hall–Kier alpha value is -2.40. The van der Waals surface area contributed by atoms with Crippen LogP contribution >= 0.6 is 0 Å². The molecule has 1 amide bonds. The predicted octanol–water partition coefficient (Wildman–Crippen LogP) is 2.45. The number of rotatable bonds is 6. The monoisotopic (exact) mass is 285 g/mol. The second-order valence-electron chi connectivity index (χ2n) is 4.49. The van der Waals surface area contributed by atoms with Crippen molar-refractivity contribution in [1.82, 2.24) is 10.3 Å². The highest BCUT2D eigenvalue weighted by atomic mass is 16.5. The molecule has 0 aliphatic rings. The molecule has 0 saturated carbocycles. The number of methoxy groups -OCH3 is 1. The van der Waals surface area contributed by atoms with Gasteiger partial charge in [0.05, 0.1) is 7.11 Å². The van der Waals surface area contributed by atoms with E-state index in [9.17, 15) is 4.79 Å². The zero-order chi connectivity index (χ0) is 15.1. The van der Waals surface area contributed by atoms with Gasteiger partial charge >= 0.3 is 0 Å².